The van der Waals surface area contributed by atoms with Crippen LogP contribution in [-0.2, 0) is 33.0 Å². The Morgan fingerprint density at radius 3 is 0.847 bits per heavy atom. The van der Waals surface area contributed by atoms with E-state index < -0.39 is 0 Å². The van der Waals surface area contributed by atoms with Crippen LogP contribution in [0.25, 0.3) is 67.6 Å². The van der Waals surface area contributed by atoms with Gasteiger partial charge in [0.15, 0.2) is 0 Å². The normalized spacial score (nSPS) is 13.1. The molecule has 0 fully saturated rings. The number of rotatable bonds is 0. The molecule has 10 rings (SSSR count). The first-order valence-corrected chi connectivity index (χ1v) is 19.4. The van der Waals surface area contributed by atoms with Crippen LogP contribution in [0.5, 0.6) is 0 Å². The zero-order valence-corrected chi connectivity index (χ0v) is 34.7. The molecule has 0 saturated carbocycles. The summed E-state index contributed by atoms with van der Waals surface area (Å²) < 4.78 is 0. The fraction of sp³-hybridized carbons (Fsp3) is 0.163. The quantitative estimate of drug-likeness (QED) is 0.111. The summed E-state index contributed by atoms with van der Waals surface area (Å²) in [6, 6.07) is 31.3. The van der Waals surface area contributed by atoms with Crippen LogP contribution < -0.4 is 19.9 Å². The molecule has 2 aliphatic rings. The largest absolute Gasteiger partial charge is 2.00 e. The number of hydrogen-bond donors (Lipinski definition) is 0. The third kappa shape index (κ3) is 10.6. The predicted molar refractivity (Wildman–Crippen MR) is 230 cm³/mol. The summed E-state index contributed by atoms with van der Waals surface area (Å²) in [6.07, 6.45) is 9.00. The SMILES string of the molecule is C1=NCCCN=Cc2ccc([n-]2)-c2nc3ccccc3nc2-c2ccc1[n-]2.C1=NCCCN=Cc2ccc([n-]2)-c2nc3ccccc3nc2-c2ccc1[n-]2.ClCCl.[Ni+2].[Ni+2]. The molecule has 2 aliphatic heterocycles. The van der Waals surface area contributed by atoms with Gasteiger partial charge in [-0.3, -0.25) is 20.0 Å². The van der Waals surface area contributed by atoms with E-state index in [1.54, 1.807) is 24.9 Å². The van der Waals surface area contributed by atoms with Gasteiger partial charge in [0.1, 0.15) is 0 Å². The van der Waals surface area contributed by atoms with Crippen LogP contribution in [0.4, 0.5) is 0 Å². The van der Waals surface area contributed by atoms with E-state index in [-0.39, 0.29) is 38.3 Å². The molecule has 0 spiro atoms. The molecule has 6 aromatic heterocycles. The molecule has 8 heterocycles. The van der Waals surface area contributed by atoms with E-state index in [0.29, 0.717) is 0 Å². The zero-order valence-electron chi connectivity index (χ0n) is 31.3. The van der Waals surface area contributed by atoms with Crippen molar-refractivity contribution in [1.82, 2.24) is 39.9 Å². The Morgan fingerprint density at radius 1 is 0.373 bits per heavy atom. The predicted octanol–water partition coefficient (Wildman–Crippen LogP) is 7.66. The van der Waals surface area contributed by atoms with Crippen LogP contribution in [0.1, 0.15) is 35.6 Å². The maximum absolute atomic E-state index is 4.84. The monoisotopic (exact) mass is 904 g/mol. The third-order valence-electron chi connectivity index (χ3n) is 8.80. The van der Waals surface area contributed by atoms with E-state index in [1.165, 1.54) is 0 Å². The van der Waals surface area contributed by atoms with Gasteiger partial charge in [0.25, 0.3) is 0 Å². The summed E-state index contributed by atoms with van der Waals surface area (Å²) in [7, 11) is 0. The maximum Gasteiger partial charge on any atom is 2.00 e. The Bertz CT molecular complexity index is 2380. The second-order valence-corrected chi connectivity index (χ2v) is 13.6. The molecular weight excluding hydrogens is 873 g/mol. The van der Waals surface area contributed by atoms with E-state index >= 15 is 0 Å². The van der Waals surface area contributed by atoms with Gasteiger partial charge in [-0.1, -0.05) is 72.8 Å². The van der Waals surface area contributed by atoms with Crippen molar-refractivity contribution in [3.63, 3.8) is 0 Å². The molecule has 300 valence electrons. The van der Waals surface area contributed by atoms with Crippen LogP contribution >= 0.6 is 23.2 Å². The first-order chi connectivity index (χ1) is 28.1. The average Bonchev–Trinajstić information content (AvgIpc) is 4.08. The van der Waals surface area contributed by atoms with Crippen LogP contribution in [0.15, 0.2) is 117 Å². The van der Waals surface area contributed by atoms with Crippen molar-refractivity contribution in [2.75, 3.05) is 31.5 Å². The van der Waals surface area contributed by atoms with Crippen molar-refractivity contribution in [2.45, 2.75) is 12.8 Å². The van der Waals surface area contributed by atoms with Gasteiger partial charge in [-0.15, -0.1) is 68.8 Å². The minimum atomic E-state index is 0. The zero-order chi connectivity index (χ0) is 38.8. The molecule has 8 aromatic rings. The minimum Gasteiger partial charge on any atom is -0.655 e. The second kappa shape index (κ2) is 21.0. The van der Waals surface area contributed by atoms with Crippen molar-refractivity contribution in [1.29, 1.82) is 0 Å². The molecule has 12 nitrogen and oxygen atoms in total. The molecule has 59 heavy (non-hydrogen) atoms. The van der Waals surface area contributed by atoms with E-state index in [9.17, 15) is 0 Å². The van der Waals surface area contributed by atoms with Gasteiger partial charge < -0.3 is 19.9 Å². The Labute approximate surface area is 370 Å². The van der Waals surface area contributed by atoms with E-state index in [4.69, 9.17) is 43.1 Å². The number of alkyl halides is 2. The number of fused-ring (bicyclic) bond motifs is 16. The number of para-hydroxylation sites is 4. The molecule has 0 aliphatic carbocycles. The smallest absolute Gasteiger partial charge is 0.655 e. The number of halogens is 2. The second-order valence-electron chi connectivity index (χ2n) is 12.8. The fourth-order valence-corrected chi connectivity index (χ4v) is 6.18. The van der Waals surface area contributed by atoms with Crippen LogP contribution in [0, 0.1) is 0 Å². The number of aromatic nitrogens is 8. The van der Waals surface area contributed by atoms with Gasteiger partial charge in [-0.25, -0.2) is 19.9 Å². The number of benzene rings is 2. The molecule has 0 atom stereocenters. The van der Waals surface area contributed by atoms with Gasteiger partial charge in [-0.05, 0) is 37.1 Å². The van der Waals surface area contributed by atoms with Crippen LogP contribution in [-0.4, -0.2) is 76.3 Å². The Kier molecular flexibility index (Phi) is 15.3. The Morgan fingerprint density at radius 2 is 0.610 bits per heavy atom. The molecule has 16 heteroatoms. The van der Waals surface area contributed by atoms with Gasteiger partial charge in [0.2, 0.25) is 0 Å². The molecule has 8 bridgehead atoms. The van der Waals surface area contributed by atoms with Crippen molar-refractivity contribution in [3.05, 3.63) is 120 Å². The van der Waals surface area contributed by atoms with Gasteiger partial charge in [-0.2, -0.15) is 0 Å². The molecular formula is C43H34Cl2N12Ni2. The van der Waals surface area contributed by atoms with Gasteiger partial charge in [0.05, 0.1) is 50.2 Å². The van der Waals surface area contributed by atoms with Crippen molar-refractivity contribution < 1.29 is 33.0 Å². The summed E-state index contributed by atoms with van der Waals surface area (Å²) in [5, 5.41) is 0.194. The summed E-state index contributed by atoms with van der Waals surface area (Å²) in [4.78, 5) is 55.8. The van der Waals surface area contributed by atoms with Crippen molar-refractivity contribution >= 4 is 70.1 Å². The third-order valence-corrected chi connectivity index (χ3v) is 8.80. The average molecular weight is 907 g/mol. The van der Waals surface area contributed by atoms with Crippen LogP contribution in [0.3, 0.4) is 0 Å². The number of nitrogens with zero attached hydrogens (tertiary/aromatic N) is 12. The van der Waals surface area contributed by atoms with Gasteiger partial charge in [0, 0.05) is 51.0 Å². The maximum atomic E-state index is 4.84. The summed E-state index contributed by atoms with van der Waals surface area (Å²) >= 11 is 9.53. The standard InChI is InChI=1S/2C21H16N6.CH2Cl2.2Ni/c2*1-2-5-17-16(4-1)26-20-18-8-6-14(24-18)12-22-10-3-11-23-13-15-7-9-19(25-15)21(20)27-17;2-1-3;;/h2*1-2,4-9,12-13H,3,10-11H2;1H2;;/q2*-2;;2*+2. The molecule has 2 aromatic carbocycles. The molecule has 0 radical (unpaired) electrons. The van der Waals surface area contributed by atoms with E-state index in [1.807, 2.05) is 97.1 Å². The van der Waals surface area contributed by atoms with Crippen LogP contribution in [0.2, 0.25) is 0 Å². The van der Waals surface area contributed by atoms with E-state index in [2.05, 4.69) is 39.9 Å². The topological polar surface area (TPSA) is 157 Å². The summed E-state index contributed by atoms with van der Waals surface area (Å²) in [5.41, 5.74) is 12.6. The Balaban J connectivity index is 0.000000180. The molecule has 0 amide bonds. The Hall–Kier alpha value is -5.51. The van der Waals surface area contributed by atoms with Gasteiger partial charge >= 0.3 is 33.0 Å². The number of hydrogen-bond acceptors (Lipinski definition) is 8. The minimum absolute atomic E-state index is 0. The summed E-state index contributed by atoms with van der Waals surface area (Å²) in [6.45, 7) is 2.89. The molecule has 0 unspecified atom stereocenters. The molecule has 0 N–H and O–H groups in total. The first kappa shape index (κ1) is 43.1. The molecule has 0 saturated heterocycles. The first-order valence-electron chi connectivity index (χ1n) is 18.4. The fourth-order valence-electron chi connectivity index (χ4n) is 6.18. The number of aliphatic imine (C=N–C) groups is 4. The summed E-state index contributed by atoms with van der Waals surface area (Å²) in [5.74, 6) is 0. The van der Waals surface area contributed by atoms with Crippen molar-refractivity contribution in [3.8, 4) is 45.6 Å². The van der Waals surface area contributed by atoms with E-state index in [0.717, 1.165) is 129 Å². The van der Waals surface area contributed by atoms with Crippen molar-refractivity contribution in [2.24, 2.45) is 20.0 Å².